The Labute approximate surface area is 252 Å². The maximum atomic E-state index is 13.5. The summed E-state index contributed by atoms with van der Waals surface area (Å²) in [7, 11) is 1.31. The third kappa shape index (κ3) is 6.01. The fraction of sp³-hybridized carbons (Fsp3) is 0.353. The van der Waals surface area contributed by atoms with Crippen molar-refractivity contribution in [1.82, 2.24) is 10.2 Å². The van der Waals surface area contributed by atoms with Crippen LogP contribution in [0.4, 0.5) is 0 Å². The molecule has 220 valence electrons. The van der Waals surface area contributed by atoms with Crippen molar-refractivity contribution >= 4 is 23.3 Å². The molecule has 3 N–H and O–H groups in total. The third-order valence-corrected chi connectivity index (χ3v) is 9.54. The van der Waals surface area contributed by atoms with Crippen molar-refractivity contribution in [2.45, 2.75) is 44.4 Å². The second-order valence-electron chi connectivity index (χ2n) is 11.0. The summed E-state index contributed by atoms with van der Waals surface area (Å²) in [5, 5.41) is 2.99. The van der Waals surface area contributed by atoms with Crippen LogP contribution < -0.4 is 11.1 Å². The molecule has 0 aliphatic carbocycles. The molecule has 0 radical (unpaired) electrons. The molecule has 0 spiro atoms. The lowest BCUT2D eigenvalue weighted by Gasteiger charge is -2.43. The molecule has 0 amide bonds. The Kier molecular flexibility index (Phi) is 9.14. The molecule has 3 heterocycles. The van der Waals surface area contributed by atoms with E-state index in [-0.39, 0.29) is 23.4 Å². The number of carbonyl (C=O) groups excluding carboxylic acids is 2. The van der Waals surface area contributed by atoms with Crippen LogP contribution in [0.3, 0.4) is 0 Å². The monoisotopic (exact) mass is 585 g/mol. The lowest BCUT2D eigenvalue weighted by atomic mass is 9.68. The summed E-state index contributed by atoms with van der Waals surface area (Å²) in [6, 6.07) is 25.5. The van der Waals surface area contributed by atoms with Crippen LogP contribution in [-0.2, 0) is 24.5 Å². The van der Waals surface area contributed by atoms with Gasteiger partial charge in [-0.1, -0.05) is 60.7 Å². The zero-order valence-electron chi connectivity index (χ0n) is 24.5. The quantitative estimate of drug-likeness (QED) is 0.257. The summed E-state index contributed by atoms with van der Waals surface area (Å²) in [4.78, 5) is 30.6. The molecule has 0 bridgehead atoms. The van der Waals surface area contributed by atoms with Crippen LogP contribution in [0.5, 0.6) is 0 Å². The van der Waals surface area contributed by atoms with Crippen LogP contribution in [-0.4, -0.2) is 50.2 Å². The van der Waals surface area contributed by atoms with Crippen LogP contribution >= 0.6 is 11.3 Å². The number of thiophene rings is 1. The van der Waals surface area contributed by atoms with E-state index in [1.54, 1.807) is 6.92 Å². The van der Waals surface area contributed by atoms with Gasteiger partial charge >= 0.3 is 11.9 Å². The summed E-state index contributed by atoms with van der Waals surface area (Å²) >= 11 is 1.52. The van der Waals surface area contributed by atoms with Gasteiger partial charge in [-0.3, -0.25) is 0 Å². The first kappa shape index (κ1) is 29.6. The molecule has 3 aromatic rings. The Morgan fingerprint density at radius 2 is 1.55 bits per heavy atom. The van der Waals surface area contributed by atoms with Gasteiger partial charge in [0, 0.05) is 27.4 Å². The number of aryl methyl sites for hydroxylation is 1. The summed E-state index contributed by atoms with van der Waals surface area (Å²) in [6.45, 7) is 6.84. The van der Waals surface area contributed by atoms with Crippen LogP contribution in [0.1, 0.15) is 53.0 Å². The molecule has 42 heavy (non-hydrogen) atoms. The Morgan fingerprint density at radius 3 is 2.10 bits per heavy atom. The Balaban J connectivity index is 1.21. The van der Waals surface area contributed by atoms with Crippen molar-refractivity contribution in [2.24, 2.45) is 5.73 Å². The van der Waals surface area contributed by atoms with Crippen molar-refractivity contribution < 1.29 is 19.1 Å². The normalized spacial score (nSPS) is 18.9. The second kappa shape index (κ2) is 13.0. The topological polar surface area (TPSA) is 93.9 Å². The smallest absolute Gasteiger partial charge is 0.338 e. The largest absolute Gasteiger partial charge is 0.466 e. The first-order chi connectivity index (χ1) is 20.3. The molecule has 1 fully saturated rings. The molecule has 8 heteroatoms. The minimum absolute atomic E-state index is 0.00529. The number of ether oxygens (including phenoxy) is 2. The van der Waals surface area contributed by atoms with Gasteiger partial charge in [-0.05, 0) is 69.5 Å². The van der Waals surface area contributed by atoms with Crippen molar-refractivity contribution in [3.8, 4) is 0 Å². The molecule has 2 aromatic carbocycles. The minimum atomic E-state index is -0.643. The third-order valence-electron chi connectivity index (χ3n) is 8.48. The Hall–Kier alpha value is -3.88. The zero-order chi connectivity index (χ0) is 29.7. The van der Waals surface area contributed by atoms with Gasteiger partial charge < -0.3 is 25.4 Å². The van der Waals surface area contributed by atoms with E-state index in [0.29, 0.717) is 11.3 Å². The zero-order valence-corrected chi connectivity index (χ0v) is 25.3. The summed E-state index contributed by atoms with van der Waals surface area (Å²) in [6.07, 6.45) is 2.79. The highest BCUT2D eigenvalue weighted by Crippen LogP contribution is 2.42. The highest BCUT2D eigenvalue weighted by Gasteiger charge is 2.40. The summed E-state index contributed by atoms with van der Waals surface area (Å²) in [5.41, 5.74) is 10.2. The van der Waals surface area contributed by atoms with E-state index >= 15 is 0 Å². The highest BCUT2D eigenvalue weighted by molar-refractivity contribution is 7.12. The number of carbonyl (C=O) groups is 2. The minimum Gasteiger partial charge on any atom is -0.466 e. The van der Waals surface area contributed by atoms with Gasteiger partial charge in [-0.25, -0.2) is 9.59 Å². The number of hydrogen-bond acceptors (Lipinski definition) is 8. The number of piperidine rings is 1. The van der Waals surface area contributed by atoms with Crippen molar-refractivity contribution in [1.29, 1.82) is 0 Å². The molecule has 1 saturated heterocycles. The molecule has 2 aliphatic heterocycles. The van der Waals surface area contributed by atoms with Crippen LogP contribution in [0.2, 0.25) is 0 Å². The van der Waals surface area contributed by atoms with E-state index in [1.165, 1.54) is 29.6 Å². The number of nitrogens with two attached hydrogens (primary N) is 1. The van der Waals surface area contributed by atoms with Gasteiger partial charge in [-0.2, -0.15) is 0 Å². The number of nitrogens with one attached hydrogen (secondary N) is 1. The van der Waals surface area contributed by atoms with Gasteiger partial charge in [0.05, 0.1) is 30.8 Å². The molecular weight excluding hydrogens is 546 g/mol. The van der Waals surface area contributed by atoms with Crippen molar-refractivity contribution in [3.05, 3.63) is 116 Å². The van der Waals surface area contributed by atoms with Crippen molar-refractivity contribution in [2.75, 3.05) is 33.4 Å². The van der Waals surface area contributed by atoms with E-state index in [2.05, 4.69) is 70.9 Å². The SMILES string of the molecule is COC(=O)C1=C(N)NC(C)=C(C(=O)OCCCN2CCC(c3ccccc3)(c3ccccc3)CC2)C1c1ccc(C)s1. The molecule has 1 unspecified atom stereocenters. The number of hydrogen-bond donors (Lipinski definition) is 2. The van der Waals surface area contributed by atoms with Gasteiger partial charge in [-0.15, -0.1) is 11.3 Å². The molecular formula is C34H39N3O4S. The van der Waals surface area contributed by atoms with Crippen LogP contribution in [0.15, 0.2) is 95.5 Å². The van der Waals surface area contributed by atoms with Crippen LogP contribution in [0, 0.1) is 6.92 Å². The standard InChI is InChI=1S/C34H39N3O4S/c1-23-15-16-27(42-23)29-28(24(2)36-31(35)30(29)32(38)40-3)33(39)41-22-10-19-37-20-17-34(18-21-37,25-11-6-4-7-12-25)26-13-8-5-9-14-26/h4-9,11-16,29,36H,10,17-22,35H2,1-3H3. The maximum Gasteiger partial charge on any atom is 0.338 e. The molecule has 1 atom stereocenters. The Bertz CT molecular complexity index is 1430. The number of rotatable bonds is 9. The number of dihydropyridines is 1. The lowest BCUT2D eigenvalue weighted by molar-refractivity contribution is -0.139. The van der Waals surface area contributed by atoms with E-state index in [4.69, 9.17) is 15.2 Å². The highest BCUT2D eigenvalue weighted by atomic mass is 32.1. The number of benzene rings is 2. The van der Waals surface area contributed by atoms with Gasteiger partial charge in [0.2, 0.25) is 0 Å². The first-order valence-corrected chi connectivity index (χ1v) is 15.3. The van der Waals surface area contributed by atoms with E-state index in [9.17, 15) is 9.59 Å². The predicted molar refractivity (Wildman–Crippen MR) is 166 cm³/mol. The predicted octanol–water partition coefficient (Wildman–Crippen LogP) is 5.38. The van der Waals surface area contributed by atoms with E-state index < -0.39 is 17.9 Å². The molecule has 7 nitrogen and oxygen atoms in total. The van der Waals surface area contributed by atoms with Crippen LogP contribution in [0.25, 0.3) is 0 Å². The van der Waals surface area contributed by atoms with Gasteiger partial charge in [0.15, 0.2) is 0 Å². The number of likely N-dealkylation sites (tertiary alicyclic amines) is 1. The molecule has 1 aromatic heterocycles. The lowest BCUT2D eigenvalue weighted by Crippen LogP contribution is -2.43. The molecule has 0 saturated carbocycles. The van der Waals surface area contributed by atoms with E-state index in [0.717, 1.165) is 48.7 Å². The fourth-order valence-corrected chi connectivity index (χ4v) is 7.30. The molecule has 2 aliphatic rings. The summed E-state index contributed by atoms with van der Waals surface area (Å²) < 4.78 is 10.8. The summed E-state index contributed by atoms with van der Waals surface area (Å²) in [5.74, 6) is -1.47. The average molecular weight is 586 g/mol. The van der Waals surface area contributed by atoms with Gasteiger partial charge in [0.1, 0.15) is 5.82 Å². The fourth-order valence-electron chi connectivity index (χ4n) is 6.30. The second-order valence-corrected chi connectivity index (χ2v) is 12.3. The number of nitrogens with zero attached hydrogens (tertiary/aromatic N) is 1. The van der Waals surface area contributed by atoms with Crippen molar-refractivity contribution in [3.63, 3.8) is 0 Å². The maximum absolute atomic E-state index is 13.5. The number of esters is 2. The molecule has 5 rings (SSSR count). The van der Waals surface area contributed by atoms with E-state index in [1.807, 2.05) is 19.1 Å². The first-order valence-electron chi connectivity index (χ1n) is 14.5. The van der Waals surface area contributed by atoms with Gasteiger partial charge in [0.25, 0.3) is 0 Å². The average Bonchev–Trinajstić information content (AvgIpc) is 3.45. The number of methoxy groups -OCH3 is 1. The Morgan fingerprint density at radius 1 is 0.929 bits per heavy atom. The number of allylic oxidation sites excluding steroid dienone is 1.